The molecule has 0 amide bonds. The smallest absolute Gasteiger partial charge is 0.332 e. The van der Waals surface area contributed by atoms with Crippen molar-refractivity contribution >= 4 is 14.0 Å². The Bertz CT molecular complexity index is 176. The Morgan fingerprint density at radius 2 is 2.00 bits per heavy atom. The summed E-state index contributed by atoms with van der Waals surface area (Å²) in [4.78, 5) is 10.3. The van der Waals surface area contributed by atoms with E-state index < -0.39 is 20.1 Å². The van der Waals surface area contributed by atoms with Gasteiger partial charge in [0.05, 0.1) is 0 Å². The molecular formula is C9H20O4Si. The van der Waals surface area contributed by atoms with Crippen LogP contribution in [0.2, 0.25) is 25.7 Å². The summed E-state index contributed by atoms with van der Waals surface area (Å²) in [7, 11) is -1.05. The Kier molecular flexibility index (Phi) is 5.99. The lowest BCUT2D eigenvalue weighted by Crippen LogP contribution is -2.24. The van der Waals surface area contributed by atoms with Crippen molar-refractivity contribution in [3.05, 3.63) is 0 Å². The summed E-state index contributed by atoms with van der Waals surface area (Å²) in [5.41, 5.74) is 0. The van der Waals surface area contributed by atoms with Crippen LogP contribution in [-0.4, -0.2) is 38.7 Å². The third-order valence-corrected chi connectivity index (χ3v) is 3.45. The lowest BCUT2D eigenvalue weighted by Gasteiger charge is -2.15. The fourth-order valence-corrected chi connectivity index (χ4v) is 1.42. The molecule has 0 bridgehead atoms. The molecule has 1 N–H and O–H groups in total. The Balaban J connectivity index is 3.35. The van der Waals surface area contributed by atoms with Crippen LogP contribution in [-0.2, 0) is 14.3 Å². The van der Waals surface area contributed by atoms with Gasteiger partial charge in [0.15, 0.2) is 6.10 Å². The molecule has 0 aliphatic carbocycles. The van der Waals surface area contributed by atoms with Crippen LogP contribution >= 0.6 is 0 Å². The highest BCUT2D eigenvalue weighted by molar-refractivity contribution is 6.76. The van der Waals surface area contributed by atoms with Crippen LogP contribution in [0.4, 0.5) is 0 Å². The van der Waals surface area contributed by atoms with Gasteiger partial charge in [0, 0.05) is 14.7 Å². The van der Waals surface area contributed by atoms with E-state index in [1.165, 1.54) is 6.92 Å². The lowest BCUT2D eigenvalue weighted by atomic mass is 10.4. The van der Waals surface area contributed by atoms with Crippen LogP contribution in [0.15, 0.2) is 0 Å². The largest absolute Gasteiger partial charge is 0.479 e. The summed E-state index contributed by atoms with van der Waals surface area (Å²) >= 11 is 0. The molecule has 0 radical (unpaired) electrons. The number of ether oxygens (including phenoxy) is 2. The minimum atomic E-state index is -1.05. The van der Waals surface area contributed by atoms with Crippen molar-refractivity contribution in [1.29, 1.82) is 0 Å². The first-order chi connectivity index (χ1) is 6.33. The molecule has 4 nitrogen and oxygen atoms in total. The molecule has 0 aromatic carbocycles. The first-order valence-corrected chi connectivity index (χ1v) is 8.46. The molecule has 0 saturated carbocycles. The normalized spacial score (nSPS) is 14.0. The van der Waals surface area contributed by atoms with Gasteiger partial charge in [-0.3, -0.25) is 0 Å². The van der Waals surface area contributed by atoms with Crippen molar-refractivity contribution in [3.8, 4) is 0 Å². The van der Waals surface area contributed by atoms with Gasteiger partial charge in [0.2, 0.25) is 0 Å². The van der Waals surface area contributed by atoms with E-state index in [1.54, 1.807) is 0 Å². The van der Waals surface area contributed by atoms with E-state index in [1.807, 2.05) is 0 Å². The van der Waals surface area contributed by atoms with Crippen LogP contribution < -0.4 is 0 Å². The summed E-state index contributed by atoms with van der Waals surface area (Å²) in [6, 6.07) is 1.07. The zero-order valence-electron chi connectivity index (χ0n) is 9.37. The molecule has 0 unspecified atom stereocenters. The predicted octanol–water partition coefficient (Wildman–Crippen LogP) is 1.79. The van der Waals surface area contributed by atoms with Crippen LogP contribution in [0.25, 0.3) is 0 Å². The molecule has 0 fully saturated rings. The van der Waals surface area contributed by atoms with Gasteiger partial charge in [0.1, 0.15) is 6.79 Å². The molecule has 5 heteroatoms. The molecule has 0 saturated heterocycles. The van der Waals surface area contributed by atoms with Gasteiger partial charge >= 0.3 is 5.97 Å². The Morgan fingerprint density at radius 1 is 1.43 bits per heavy atom. The zero-order chi connectivity index (χ0) is 11.2. The van der Waals surface area contributed by atoms with E-state index >= 15 is 0 Å². The SMILES string of the molecule is C[C@H](OCOCC[Si](C)(C)C)C(=O)O. The molecule has 0 rings (SSSR count). The first-order valence-electron chi connectivity index (χ1n) is 4.75. The number of aliphatic carboxylic acids is 1. The van der Waals surface area contributed by atoms with E-state index in [0.29, 0.717) is 6.61 Å². The first kappa shape index (κ1) is 13.6. The lowest BCUT2D eigenvalue weighted by molar-refractivity contribution is -0.158. The molecular weight excluding hydrogens is 200 g/mol. The molecule has 0 heterocycles. The van der Waals surface area contributed by atoms with Crippen LogP contribution in [0.1, 0.15) is 6.92 Å². The highest BCUT2D eigenvalue weighted by Gasteiger charge is 2.13. The number of hydrogen-bond acceptors (Lipinski definition) is 3. The number of carboxylic acids is 1. The van der Waals surface area contributed by atoms with Crippen molar-refractivity contribution in [2.45, 2.75) is 38.7 Å². The van der Waals surface area contributed by atoms with Gasteiger partial charge in [0.25, 0.3) is 0 Å². The van der Waals surface area contributed by atoms with Crippen molar-refractivity contribution < 1.29 is 19.4 Å². The quantitative estimate of drug-likeness (QED) is 0.404. The molecule has 14 heavy (non-hydrogen) atoms. The molecule has 0 aliphatic rings. The van der Waals surface area contributed by atoms with E-state index in [9.17, 15) is 4.79 Å². The standard InChI is InChI=1S/C9H20O4Si/c1-8(9(10)11)13-7-12-5-6-14(2,3)4/h8H,5-7H2,1-4H3,(H,10,11)/t8-/m0/s1. The maximum Gasteiger partial charge on any atom is 0.332 e. The van der Waals surface area contributed by atoms with Crippen LogP contribution in [0, 0.1) is 0 Å². The fourth-order valence-electron chi connectivity index (χ4n) is 0.659. The summed E-state index contributed by atoms with van der Waals surface area (Å²) < 4.78 is 10.1. The van der Waals surface area contributed by atoms with Gasteiger partial charge in [-0.05, 0) is 13.0 Å². The average Bonchev–Trinajstić information content (AvgIpc) is 2.01. The second-order valence-corrected chi connectivity index (χ2v) is 10.1. The Hall–Kier alpha value is -0.393. The summed E-state index contributed by atoms with van der Waals surface area (Å²) in [5, 5.41) is 8.49. The van der Waals surface area contributed by atoms with Crippen molar-refractivity contribution in [1.82, 2.24) is 0 Å². The third-order valence-electron chi connectivity index (χ3n) is 1.75. The monoisotopic (exact) mass is 220 g/mol. The Morgan fingerprint density at radius 3 is 2.43 bits per heavy atom. The maximum absolute atomic E-state index is 10.3. The summed E-state index contributed by atoms with van der Waals surface area (Å²) in [6.45, 7) is 9.00. The second-order valence-electron chi connectivity index (χ2n) is 4.48. The van der Waals surface area contributed by atoms with Crippen molar-refractivity contribution in [3.63, 3.8) is 0 Å². The second kappa shape index (κ2) is 6.16. The minimum absolute atomic E-state index is 0.0674. The topological polar surface area (TPSA) is 55.8 Å². The van der Waals surface area contributed by atoms with Gasteiger partial charge in [-0.1, -0.05) is 19.6 Å². The number of carboxylic acid groups (broad SMARTS) is 1. The van der Waals surface area contributed by atoms with E-state index in [-0.39, 0.29) is 6.79 Å². The van der Waals surface area contributed by atoms with Gasteiger partial charge < -0.3 is 14.6 Å². The molecule has 0 aliphatic heterocycles. The van der Waals surface area contributed by atoms with Gasteiger partial charge in [-0.15, -0.1) is 0 Å². The molecule has 0 spiro atoms. The highest BCUT2D eigenvalue weighted by atomic mass is 28.3. The fraction of sp³-hybridized carbons (Fsp3) is 0.889. The molecule has 1 atom stereocenters. The van der Waals surface area contributed by atoms with Crippen LogP contribution in [0.3, 0.4) is 0 Å². The summed E-state index contributed by atoms with van der Waals surface area (Å²) in [5.74, 6) is -0.959. The third kappa shape index (κ3) is 8.22. The number of carbonyl (C=O) groups is 1. The molecule has 0 aromatic heterocycles. The van der Waals surface area contributed by atoms with E-state index in [2.05, 4.69) is 19.6 Å². The molecule has 84 valence electrons. The van der Waals surface area contributed by atoms with E-state index in [0.717, 1.165) is 6.04 Å². The zero-order valence-corrected chi connectivity index (χ0v) is 10.4. The van der Waals surface area contributed by atoms with Gasteiger partial charge in [-0.2, -0.15) is 0 Å². The maximum atomic E-state index is 10.3. The Labute approximate surface area is 86.2 Å². The minimum Gasteiger partial charge on any atom is -0.479 e. The predicted molar refractivity (Wildman–Crippen MR) is 57.2 cm³/mol. The van der Waals surface area contributed by atoms with E-state index in [4.69, 9.17) is 14.6 Å². The van der Waals surface area contributed by atoms with Crippen molar-refractivity contribution in [2.75, 3.05) is 13.4 Å². The summed E-state index contributed by atoms with van der Waals surface area (Å²) in [6.07, 6.45) is -0.790. The number of rotatable bonds is 7. The average molecular weight is 220 g/mol. The highest BCUT2D eigenvalue weighted by Crippen LogP contribution is 2.07. The van der Waals surface area contributed by atoms with Crippen molar-refractivity contribution in [2.24, 2.45) is 0 Å². The van der Waals surface area contributed by atoms with Gasteiger partial charge in [-0.25, -0.2) is 4.79 Å². The van der Waals surface area contributed by atoms with Crippen LogP contribution in [0.5, 0.6) is 0 Å². The number of hydrogen-bond donors (Lipinski definition) is 1. The molecule has 0 aromatic rings.